The molecule has 1 unspecified atom stereocenters. The van der Waals surface area contributed by atoms with Gasteiger partial charge in [-0.15, -0.1) is 0 Å². The fourth-order valence-electron chi connectivity index (χ4n) is 2.85. The van der Waals surface area contributed by atoms with Gasteiger partial charge in [0.25, 0.3) is 0 Å². The normalized spacial score (nSPS) is 35.3. The molecule has 3 rings (SSSR count). The Kier molecular flexibility index (Phi) is 3.95. The number of rotatable bonds is 5. The van der Waals surface area contributed by atoms with Crippen molar-refractivity contribution in [2.24, 2.45) is 5.41 Å². The van der Waals surface area contributed by atoms with Gasteiger partial charge in [-0.2, -0.15) is 11.8 Å². The van der Waals surface area contributed by atoms with E-state index in [0.717, 1.165) is 19.3 Å². The smallest absolute Gasteiger partial charge is 0.0547 e. The summed E-state index contributed by atoms with van der Waals surface area (Å²) in [5, 5.41) is 3.72. The second kappa shape index (κ2) is 5.47. The first kappa shape index (κ1) is 12.3. The van der Waals surface area contributed by atoms with Crippen LogP contribution in [0.2, 0.25) is 0 Å². The van der Waals surface area contributed by atoms with Gasteiger partial charge in [0.2, 0.25) is 0 Å². The topological polar surface area (TPSA) is 24.5 Å². The summed E-state index contributed by atoms with van der Waals surface area (Å²) in [6.07, 6.45) is 4.02. The molecule has 0 aromatic carbocycles. The zero-order chi connectivity index (χ0) is 11.6. The van der Waals surface area contributed by atoms with E-state index in [-0.39, 0.29) is 0 Å². The Labute approximate surface area is 109 Å². The van der Waals surface area contributed by atoms with Gasteiger partial charge in [0, 0.05) is 55.7 Å². The van der Waals surface area contributed by atoms with Crippen molar-refractivity contribution >= 4 is 11.8 Å². The van der Waals surface area contributed by atoms with Crippen molar-refractivity contribution in [2.45, 2.75) is 25.3 Å². The second-order valence-corrected chi connectivity index (χ2v) is 7.07. The lowest BCUT2D eigenvalue weighted by Gasteiger charge is -2.36. The lowest BCUT2D eigenvalue weighted by molar-refractivity contribution is 0.112. The van der Waals surface area contributed by atoms with Crippen LogP contribution < -0.4 is 5.32 Å². The first-order valence-electron chi connectivity index (χ1n) is 6.98. The molecule has 0 radical (unpaired) electrons. The van der Waals surface area contributed by atoms with E-state index in [1.165, 1.54) is 56.9 Å². The number of hydrogen-bond donors (Lipinski definition) is 1. The number of hydrogen-bond acceptors (Lipinski definition) is 4. The van der Waals surface area contributed by atoms with Crippen LogP contribution in [0.25, 0.3) is 0 Å². The molecule has 3 fully saturated rings. The SMILES string of the molecule is C1CC(CNC2CC2)(CN2CCSCC2)CO1. The van der Waals surface area contributed by atoms with Gasteiger partial charge in [0.15, 0.2) is 0 Å². The fraction of sp³-hybridized carbons (Fsp3) is 1.00. The summed E-state index contributed by atoms with van der Waals surface area (Å²) in [5.41, 5.74) is 0.407. The third kappa shape index (κ3) is 3.37. The van der Waals surface area contributed by atoms with Gasteiger partial charge in [-0.25, -0.2) is 0 Å². The van der Waals surface area contributed by atoms with Crippen LogP contribution in [0.1, 0.15) is 19.3 Å². The van der Waals surface area contributed by atoms with Crippen molar-refractivity contribution in [3.63, 3.8) is 0 Å². The van der Waals surface area contributed by atoms with Crippen LogP contribution in [0.3, 0.4) is 0 Å². The molecule has 3 nitrogen and oxygen atoms in total. The second-order valence-electron chi connectivity index (χ2n) is 5.85. The van der Waals surface area contributed by atoms with Gasteiger partial charge in [-0.3, -0.25) is 0 Å². The summed E-state index contributed by atoms with van der Waals surface area (Å²) in [7, 11) is 0. The molecule has 4 heteroatoms. The maximum Gasteiger partial charge on any atom is 0.0547 e. The summed E-state index contributed by atoms with van der Waals surface area (Å²) >= 11 is 2.10. The molecule has 0 amide bonds. The molecular formula is C13H24N2OS. The Balaban J connectivity index is 1.53. The molecule has 98 valence electrons. The lowest BCUT2D eigenvalue weighted by atomic mass is 9.86. The predicted molar refractivity (Wildman–Crippen MR) is 72.7 cm³/mol. The standard InChI is InChI=1S/C13H24N2OS/c1-2-12(1)14-9-13(3-6-16-11-13)10-15-4-7-17-8-5-15/h12,14H,1-11H2. The number of thioether (sulfide) groups is 1. The molecule has 3 aliphatic rings. The van der Waals surface area contributed by atoms with Gasteiger partial charge in [0.1, 0.15) is 0 Å². The summed E-state index contributed by atoms with van der Waals surface area (Å²) < 4.78 is 5.68. The molecule has 2 heterocycles. The molecule has 17 heavy (non-hydrogen) atoms. The Morgan fingerprint density at radius 2 is 2.12 bits per heavy atom. The quantitative estimate of drug-likeness (QED) is 0.799. The van der Waals surface area contributed by atoms with E-state index < -0.39 is 0 Å². The zero-order valence-electron chi connectivity index (χ0n) is 10.6. The molecule has 0 aromatic rings. The molecular weight excluding hydrogens is 232 g/mol. The van der Waals surface area contributed by atoms with Crippen molar-refractivity contribution in [1.29, 1.82) is 0 Å². The van der Waals surface area contributed by atoms with Crippen LogP contribution in [-0.2, 0) is 4.74 Å². The minimum atomic E-state index is 0.407. The third-order valence-corrected chi connectivity index (χ3v) is 5.13. The van der Waals surface area contributed by atoms with E-state index in [0.29, 0.717) is 5.41 Å². The Morgan fingerprint density at radius 3 is 2.76 bits per heavy atom. The number of nitrogens with one attached hydrogen (secondary N) is 1. The van der Waals surface area contributed by atoms with Crippen LogP contribution in [0.5, 0.6) is 0 Å². The van der Waals surface area contributed by atoms with Crippen LogP contribution in [0.4, 0.5) is 0 Å². The van der Waals surface area contributed by atoms with E-state index in [9.17, 15) is 0 Å². The van der Waals surface area contributed by atoms with Crippen molar-refractivity contribution in [3.05, 3.63) is 0 Å². The van der Waals surface area contributed by atoms with Crippen molar-refractivity contribution in [1.82, 2.24) is 10.2 Å². The van der Waals surface area contributed by atoms with Gasteiger partial charge >= 0.3 is 0 Å². The maximum absolute atomic E-state index is 5.68. The van der Waals surface area contributed by atoms with E-state index >= 15 is 0 Å². The van der Waals surface area contributed by atoms with E-state index in [1.54, 1.807) is 0 Å². The van der Waals surface area contributed by atoms with Crippen molar-refractivity contribution in [2.75, 3.05) is 50.9 Å². The predicted octanol–water partition coefficient (Wildman–Crippen LogP) is 1.19. The molecule has 1 atom stereocenters. The van der Waals surface area contributed by atoms with E-state index in [2.05, 4.69) is 22.0 Å². The van der Waals surface area contributed by atoms with Crippen LogP contribution in [0, 0.1) is 5.41 Å². The third-order valence-electron chi connectivity index (χ3n) is 4.19. The van der Waals surface area contributed by atoms with Gasteiger partial charge in [-0.1, -0.05) is 0 Å². The molecule has 2 aliphatic heterocycles. The minimum absolute atomic E-state index is 0.407. The van der Waals surface area contributed by atoms with Crippen LogP contribution in [0.15, 0.2) is 0 Å². The maximum atomic E-state index is 5.68. The first-order chi connectivity index (χ1) is 8.36. The minimum Gasteiger partial charge on any atom is -0.381 e. The lowest BCUT2D eigenvalue weighted by Crippen LogP contribution is -2.47. The highest BCUT2D eigenvalue weighted by Gasteiger charge is 2.38. The highest BCUT2D eigenvalue weighted by atomic mass is 32.2. The Hall–Kier alpha value is 0.230. The van der Waals surface area contributed by atoms with E-state index in [4.69, 9.17) is 4.74 Å². The molecule has 0 bridgehead atoms. The first-order valence-corrected chi connectivity index (χ1v) is 8.13. The molecule has 1 N–H and O–H groups in total. The van der Waals surface area contributed by atoms with Gasteiger partial charge in [-0.05, 0) is 19.3 Å². The van der Waals surface area contributed by atoms with E-state index in [1.807, 2.05) is 0 Å². The summed E-state index contributed by atoms with van der Waals surface area (Å²) in [4.78, 5) is 2.65. The summed E-state index contributed by atoms with van der Waals surface area (Å²) in [6.45, 7) is 6.89. The monoisotopic (exact) mass is 256 g/mol. The van der Waals surface area contributed by atoms with Gasteiger partial charge < -0.3 is 15.0 Å². The molecule has 0 aromatic heterocycles. The highest BCUT2D eigenvalue weighted by molar-refractivity contribution is 7.99. The van der Waals surface area contributed by atoms with Crippen LogP contribution in [-0.4, -0.2) is 61.8 Å². The number of nitrogens with zero attached hydrogens (tertiary/aromatic N) is 1. The van der Waals surface area contributed by atoms with Crippen molar-refractivity contribution in [3.8, 4) is 0 Å². The average molecular weight is 256 g/mol. The molecule has 0 spiro atoms. The van der Waals surface area contributed by atoms with Crippen molar-refractivity contribution < 1.29 is 4.74 Å². The Bertz CT molecular complexity index is 246. The largest absolute Gasteiger partial charge is 0.381 e. The van der Waals surface area contributed by atoms with Gasteiger partial charge in [0.05, 0.1) is 6.61 Å². The van der Waals surface area contributed by atoms with Crippen LogP contribution >= 0.6 is 11.8 Å². The molecule has 1 saturated carbocycles. The fourth-order valence-corrected chi connectivity index (χ4v) is 3.83. The average Bonchev–Trinajstić information content (AvgIpc) is 3.09. The molecule has 2 saturated heterocycles. The Morgan fingerprint density at radius 1 is 1.29 bits per heavy atom. The molecule has 1 aliphatic carbocycles. The highest BCUT2D eigenvalue weighted by Crippen LogP contribution is 2.31. The summed E-state index contributed by atoms with van der Waals surface area (Å²) in [5.74, 6) is 2.62. The zero-order valence-corrected chi connectivity index (χ0v) is 11.4. The summed E-state index contributed by atoms with van der Waals surface area (Å²) in [6, 6.07) is 0.824. The number of ether oxygens (including phenoxy) is 1.